The topological polar surface area (TPSA) is 53.1 Å². The monoisotopic (exact) mass is 277 g/mol. The lowest BCUT2D eigenvalue weighted by Gasteiger charge is -2.36. The van der Waals surface area contributed by atoms with Crippen LogP contribution in [0.2, 0.25) is 0 Å². The van der Waals surface area contributed by atoms with Crippen LogP contribution in [0.5, 0.6) is 0 Å². The largest absolute Gasteiger partial charge is 0.384 e. The zero-order chi connectivity index (χ0) is 14.7. The molecule has 1 aromatic carbocycles. The van der Waals surface area contributed by atoms with Crippen LogP contribution in [0.1, 0.15) is 44.6 Å². The lowest BCUT2D eigenvalue weighted by molar-refractivity contribution is 0.313. The van der Waals surface area contributed by atoms with E-state index < -0.39 is 5.82 Å². The summed E-state index contributed by atoms with van der Waals surface area (Å²) in [4.78, 5) is 2.10. The molecule has 1 aliphatic carbocycles. The first-order valence-corrected chi connectivity index (χ1v) is 7.40. The van der Waals surface area contributed by atoms with E-state index in [1.54, 1.807) is 6.07 Å². The van der Waals surface area contributed by atoms with Crippen LogP contribution >= 0.6 is 0 Å². The fourth-order valence-electron chi connectivity index (χ4n) is 3.21. The third kappa shape index (κ3) is 2.94. The van der Waals surface area contributed by atoms with Crippen LogP contribution < -0.4 is 10.6 Å². The molecule has 0 saturated heterocycles. The van der Waals surface area contributed by atoms with Crippen molar-refractivity contribution in [1.82, 2.24) is 0 Å². The average molecular weight is 277 g/mol. The third-order valence-corrected chi connectivity index (χ3v) is 4.58. The molecule has 0 amide bonds. The quantitative estimate of drug-likeness (QED) is 0.653. The predicted molar refractivity (Wildman–Crippen MR) is 81.9 cm³/mol. The van der Waals surface area contributed by atoms with Crippen LogP contribution in [0.4, 0.5) is 10.1 Å². The molecule has 0 aromatic heterocycles. The minimum absolute atomic E-state index is 0.202. The van der Waals surface area contributed by atoms with Crippen LogP contribution in [-0.2, 0) is 0 Å². The molecule has 20 heavy (non-hydrogen) atoms. The molecule has 3 nitrogen and oxygen atoms in total. The minimum Gasteiger partial charge on any atom is -0.384 e. The van der Waals surface area contributed by atoms with E-state index in [1.807, 2.05) is 13.1 Å². The fraction of sp³-hybridized carbons (Fsp3) is 0.562. The van der Waals surface area contributed by atoms with Gasteiger partial charge in [-0.05, 0) is 43.7 Å². The van der Waals surface area contributed by atoms with Crippen molar-refractivity contribution in [2.75, 3.05) is 11.9 Å². The highest BCUT2D eigenvalue weighted by Gasteiger charge is 2.25. The average Bonchev–Trinajstić information content (AvgIpc) is 2.46. The second kappa shape index (κ2) is 6.25. The molecule has 3 N–H and O–H groups in total. The number of hydrogen-bond acceptors (Lipinski definition) is 2. The van der Waals surface area contributed by atoms with Gasteiger partial charge in [0.15, 0.2) is 0 Å². The number of hydrogen-bond donors (Lipinski definition) is 2. The molecule has 1 fully saturated rings. The van der Waals surface area contributed by atoms with Crippen molar-refractivity contribution in [3.05, 3.63) is 29.6 Å². The van der Waals surface area contributed by atoms with Gasteiger partial charge in [-0.2, -0.15) is 0 Å². The highest BCUT2D eigenvalue weighted by molar-refractivity contribution is 6.00. The molecule has 110 valence electrons. The summed E-state index contributed by atoms with van der Waals surface area (Å²) in [5.41, 5.74) is 6.51. The van der Waals surface area contributed by atoms with Crippen LogP contribution in [0.3, 0.4) is 0 Å². The highest BCUT2D eigenvalue weighted by Crippen LogP contribution is 2.32. The molecule has 0 aliphatic heterocycles. The second-order valence-electron chi connectivity index (χ2n) is 5.74. The van der Waals surface area contributed by atoms with Crippen molar-refractivity contribution in [3.63, 3.8) is 0 Å². The van der Waals surface area contributed by atoms with Crippen molar-refractivity contribution in [3.8, 4) is 0 Å². The number of nitrogens with one attached hydrogen (secondary N) is 1. The Labute approximate surface area is 120 Å². The molecule has 0 spiro atoms. The standard InChI is InChI=1S/C16H24FN3/c1-3-11-7-9-12(10-8-11)20(2)14-6-4-5-13(17)15(14)16(18)19/h4-6,11-12H,3,7-10H2,1-2H3,(H3,18,19). The fourth-order valence-corrected chi connectivity index (χ4v) is 3.21. The summed E-state index contributed by atoms with van der Waals surface area (Å²) >= 11 is 0. The maximum Gasteiger partial charge on any atom is 0.136 e. The van der Waals surface area contributed by atoms with Gasteiger partial charge < -0.3 is 10.6 Å². The van der Waals surface area contributed by atoms with E-state index in [9.17, 15) is 4.39 Å². The van der Waals surface area contributed by atoms with Crippen molar-refractivity contribution in [2.24, 2.45) is 11.7 Å². The maximum absolute atomic E-state index is 13.9. The van der Waals surface area contributed by atoms with Gasteiger partial charge in [-0.3, -0.25) is 5.41 Å². The SMILES string of the molecule is CCC1CCC(N(C)c2cccc(F)c2C(=N)N)CC1. The van der Waals surface area contributed by atoms with Crippen molar-refractivity contribution in [1.29, 1.82) is 5.41 Å². The van der Waals surface area contributed by atoms with Crippen molar-refractivity contribution < 1.29 is 4.39 Å². The molecule has 0 heterocycles. The predicted octanol–water partition coefficient (Wildman–Crippen LogP) is 3.51. The Hall–Kier alpha value is -1.58. The number of nitrogen functional groups attached to an aromatic ring is 1. The molecule has 0 radical (unpaired) electrons. The van der Waals surface area contributed by atoms with Gasteiger partial charge in [-0.25, -0.2) is 4.39 Å². The smallest absolute Gasteiger partial charge is 0.136 e. The summed E-state index contributed by atoms with van der Waals surface area (Å²) < 4.78 is 13.9. The maximum atomic E-state index is 13.9. The van der Waals surface area contributed by atoms with Gasteiger partial charge in [0.1, 0.15) is 11.7 Å². The molecule has 0 bridgehead atoms. The first kappa shape index (κ1) is 14.8. The second-order valence-corrected chi connectivity index (χ2v) is 5.74. The molecule has 1 saturated carbocycles. The van der Waals surface area contributed by atoms with E-state index >= 15 is 0 Å². The van der Waals surface area contributed by atoms with E-state index in [2.05, 4.69) is 11.8 Å². The first-order chi connectivity index (χ1) is 9.54. The Balaban J connectivity index is 2.20. The molecule has 0 unspecified atom stereocenters. The molecule has 1 aromatic rings. The number of nitrogens with two attached hydrogens (primary N) is 1. The number of anilines is 1. The number of nitrogens with zero attached hydrogens (tertiary/aromatic N) is 1. The van der Waals surface area contributed by atoms with Gasteiger partial charge >= 0.3 is 0 Å². The Morgan fingerprint density at radius 1 is 1.35 bits per heavy atom. The summed E-state index contributed by atoms with van der Waals surface area (Å²) in [7, 11) is 1.98. The molecular formula is C16H24FN3. The minimum atomic E-state index is -0.413. The summed E-state index contributed by atoms with van der Waals surface area (Å²) in [6, 6.07) is 5.32. The van der Waals surface area contributed by atoms with Crippen molar-refractivity contribution in [2.45, 2.75) is 45.1 Å². The Bertz CT molecular complexity index is 479. The van der Waals surface area contributed by atoms with Crippen LogP contribution in [0.25, 0.3) is 0 Å². The van der Waals surface area contributed by atoms with E-state index in [0.29, 0.717) is 6.04 Å². The van der Waals surface area contributed by atoms with E-state index in [1.165, 1.54) is 25.3 Å². The highest BCUT2D eigenvalue weighted by atomic mass is 19.1. The van der Waals surface area contributed by atoms with Crippen molar-refractivity contribution >= 4 is 11.5 Å². The van der Waals surface area contributed by atoms with Gasteiger partial charge in [0, 0.05) is 13.1 Å². The summed E-state index contributed by atoms with van der Waals surface area (Å²) in [6.45, 7) is 2.25. The number of rotatable bonds is 4. The summed E-state index contributed by atoms with van der Waals surface area (Å²) in [5, 5.41) is 7.60. The van der Waals surface area contributed by atoms with Gasteiger partial charge in [-0.1, -0.05) is 19.4 Å². The van der Waals surface area contributed by atoms with Gasteiger partial charge in [0.2, 0.25) is 0 Å². The van der Waals surface area contributed by atoms with Crippen LogP contribution in [0, 0.1) is 17.1 Å². The lowest BCUT2D eigenvalue weighted by Crippen LogP contribution is -2.36. The normalized spacial score (nSPS) is 22.6. The third-order valence-electron chi connectivity index (χ3n) is 4.58. The zero-order valence-electron chi connectivity index (χ0n) is 12.3. The van der Waals surface area contributed by atoms with E-state index in [0.717, 1.165) is 24.4 Å². The Morgan fingerprint density at radius 2 is 2.00 bits per heavy atom. The van der Waals surface area contributed by atoms with E-state index in [-0.39, 0.29) is 11.4 Å². The number of amidine groups is 1. The molecule has 2 rings (SSSR count). The van der Waals surface area contributed by atoms with Crippen LogP contribution in [0.15, 0.2) is 18.2 Å². The molecule has 4 heteroatoms. The Morgan fingerprint density at radius 3 is 2.55 bits per heavy atom. The zero-order valence-corrected chi connectivity index (χ0v) is 12.3. The first-order valence-electron chi connectivity index (χ1n) is 7.40. The van der Waals surface area contributed by atoms with Gasteiger partial charge in [-0.15, -0.1) is 0 Å². The summed E-state index contributed by atoms with van der Waals surface area (Å²) in [6.07, 6.45) is 5.97. The lowest BCUT2D eigenvalue weighted by atomic mass is 9.84. The Kier molecular flexibility index (Phi) is 4.63. The van der Waals surface area contributed by atoms with E-state index in [4.69, 9.17) is 11.1 Å². The molecule has 1 aliphatic rings. The number of halogens is 1. The molecule has 0 atom stereocenters. The summed E-state index contributed by atoms with van der Waals surface area (Å²) in [5.74, 6) is 0.218. The van der Waals surface area contributed by atoms with Crippen LogP contribution in [-0.4, -0.2) is 18.9 Å². The molecular weight excluding hydrogens is 253 g/mol. The van der Waals surface area contributed by atoms with Gasteiger partial charge in [0.05, 0.1) is 11.3 Å². The number of benzene rings is 1. The van der Waals surface area contributed by atoms with Gasteiger partial charge in [0.25, 0.3) is 0 Å².